The molecule has 8 nitrogen and oxygen atoms in total. The van der Waals surface area contributed by atoms with E-state index >= 15 is 0 Å². The van der Waals surface area contributed by atoms with E-state index in [-0.39, 0.29) is 11.5 Å². The van der Waals surface area contributed by atoms with Crippen LogP contribution in [-0.2, 0) is 11.3 Å². The Morgan fingerprint density at radius 3 is 2.50 bits per heavy atom. The number of hydrogen-bond donors (Lipinski definition) is 0. The van der Waals surface area contributed by atoms with Gasteiger partial charge >= 0.3 is 0 Å². The van der Waals surface area contributed by atoms with Crippen molar-refractivity contribution in [1.82, 2.24) is 24.1 Å². The number of aryl methyl sites for hydroxylation is 1. The molecule has 0 aromatic heterocycles. The minimum Gasteiger partial charge on any atom is -0.383 e. The summed E-state index contributed by atoms with van der Waals surface area (Å²) in [6, 6.07) is 9.29. The fraction of sp³-hybridized carbons (Fsp3) is 0.409. The van der Waals surface area contributed by atoms with Crippen LogP contribution < -0.4 is 5.56 Å². The van der Waals surface area contributed by atoms with E-state index in [2.05, 4.69) is 10.00 Å². The lowest BCUT2D eigenvalue weighted by Crippen LogP contribution is -2.49. The maximum absolute atomic E-state index is 13.4. The largest absolute Gasteiger partial charge is 0.383 e. The molecule has 3 aliphatic rings. The third kappa shape index (κ3) is 3.88. The van der Waals surface area contributed by atoms with Gasteiger partial charge < -0.3 is 14.2 Å². The molecule has 0 saturated carbocycles. The summed E-state index contributed by atoms with van der Waals surface area (Å²) < 4.78 is 8.40. The lowest BCUT2D eigenvalue weighted by molar-refractivity contribution is 0.0594. The molecule has 0 aliphatic carbocycles. The second kappa shape index (κ2) is 8.81. The minimum atomic E-state index is -0.211. The van der Waals surface area contributed by atoms with Crippen LogP contribution >= 0.6 is 0 Å². The van der Waals surface area contributed by atoms with Crippen LogP contribution in [0.1, 0.15) is 17.3 Å². The standard InChI is InChI=1S/C22H27N5O3/c1-3-24-15-18(21(28)26-11-9-25(10-12-26)13-14-30-2)20-19(16-24)22(29)27(23-20)17-7-5-4-6-8-17/h4-8,15-16H,3,9-14H2,1-2H3. The summed E-state index contributed by atoms with van der Waals surface area (Å²) in [5.74, 6) is -0.0769. The van der Waals surface area contributed by atoms with Gasteiger partial charge in [0.25, 0.3) is 11.5 Å². The van der Waals surface area contributed by atoms with E-state index in [9.17, 15) is 9.59 Å². The lowest BCUT2D eigenvalue weighted by atomic mass is 10.1. The van der Waals surface area contributed by atoms with Crippen molar-refractivity contribution in [2.75, 3.05) is 46.4 Å². The quantitative estimate of drug-likeness (QED) is 0.618. The molecule has 1 saturated heterocycles. The summed E-state index contributed by atoms with van der Waals surface area (Å²) in [7, 11) is 1.70. The van der Waals surface area contributed by atoms with Crippen molar-refractivity contribution in [2.45, 2.75) is 13.5 Å². The van der Waals surface area contributed by atoms with E-state index in [4.69, 9.17) is 4.74 Å². The number of amides is 1. The van der Waals surface area contributed by atoms with Gasteiger partial charge in [-0.3, -0.25) is 14.5 Å². The third-order valence-corrected chi connectivity index (χ3v) is 5.59. The zero-order chi connectivity index (χ0) is 21.1. The highest BCUT2D eigenvalue weighted by atomic mass is 16.5. The SMILES string of the molecule is CCn1cc(C(=O)N2CCN(CCOC)CC2)c2nn(-c3ccccc3)c(=O)c-2c1. The number of fused-ring (bicyclic) bond motifs is 1. The molecule has 1 amide bonds. The van der Waals surface area contributed by atoms with Crippen molar-refractivity contribution >= 4 is 5.91 Å². The van der Waals surface area contributed by atoms with Gasteiger partial charge in [-0.25, -0.2) is 0 Å². The number of aromatic nitrogens is 3. The van der Waals surface area contributed by atoms with Gasteiger partial charge in [0.15, 0.2) is 0 Å². The predicted molar refractivity (Wildman–Crippen MR) is 114 cm³/mol. The van der Waals surface area contributed by atoms with Crippen LogP contribution in [0.4, 0.5) is 0 Å². The van der Waals surface area contributed by atoms with Gasteiger partial charge in [0.05, 0.1) is 23.4 Å². The Morgan fingerprint density at radius 1 is 1.10 bits per heavy atom. The zero-order valence-electron chi connectivity index (χ0n) is 17.5. The monoisotopic (exact) mass is 409 g/mol. The summed E-state index contributed by atoms with van der Waals surface area (Å²) in [6.45, 7) is 7.12. The van der Waals surface area contributed by atoms with Gasteiger partial charge in [0.2, 0.25) is 0 Å². The van der Waals surface area contributed by atoms with E-state index in [1.807, 2.05) is 52.9 Å². The first kappa shape index (κ1) is 20.3. The van der Waals surface area contributed by atoms with Gasteiger partial charge in [-0.1, -0.05) is 18.2 Å². The fourth-order valence-electron chi connectivity index (χ4n) is 3.81. The average molecular weight is 409 g/mol. The van der Waals surface area contributed by atoms with E-state index in [1.165, 1.54) is 4.68 Å². The van der Waals surface area contributed by atoms with E-state index in [1.54, 1.807) is 13.3 Å². The maximum Gasteiger partial charge on any atom is 0.282 e. The zero-order valence-corrected chi connectivity index (χ0v) is 17.5. The second-order valence-corrected chi connectivity index (χ2v) is 7.44. The number of piperazine rings is 1. The van der Waals surface area contributed by atoms with Crippen LogP contribution in [-0.4, -0.2) is 76.5 Å². The van der Waals surface area contributed by atoms with Crippen LogP contribution in [0.2, 0.25) is 0 Å². The Balaban J connectivity index is 1.67. The highest BCUT2D eigenvalue weighted by Crippen LogP contribution is 2.24. The molecule has 158 valence electrons. The highest BCUT2D eigenvalue weighted by Gasteiger charge is 2.28. The molecule has 1 aromatic carbocycles. The molecule has 0 atom stereocenters. The van der Waals surface area contributed by atoms with Crippen LogP contribution in [0.5, 0.6) is 0 Å². The molecule has 8 heteroatoms. The highest BCUT2D eigenvalue weighted by molar-refractivity contribution is 6.00. The molecule has 1 fully saturated rings. The number of rotatable bonds is 6. The minimum absolute atomic E-state index is 0.0769. The number of nitrogens with zero attached hydrogens (tertiary/aromatic N) is 5. The number of carbonyl (C=O) groups is 1. The van der Waals surface area contributed by atoms with Crippen molar-refractivity contribution in [3.8, 4) is 16.9 Å². The number of pyridine rings is 1. The van der Waals surface area contributed by atoms with Crippen LogP contribution in [0.3, 0.4) is 0 Å². The molecular formula is C22H27N5O3. The molecule has 0 bridgehead atoms. The van der Waals surface area contributed by atoms with Crippen LogP contribution in [0.25, 0.3) is 16.9 Å². The molecule has 0 unspecified atom stereocenters. The Morgan fingerprint density at radius 2 is 1.83 bits per heavy atom. The summed E-state index contributed by atoms with van der Waals surface area (Å²) in [5.41, 5.74) is 1.88. The molecule has 1 aromatic rings. The summed E-state index contributed by atoms with van der Waals surface area (Å²) in [4.78, 5) is 30.6. The number of carbonyl (C=O) groups excluding carboxylic acids is 1. The van der Waals surface area contributed by atoms with Crippen molar-refractivity contribution in [3.63, 3.8) is 0 Å². The molecule has 0 radical (unpaired) electrons. The number of benzene rings is 1. The molecular weight excluding hydrogens is 382 g/mol. The maximum atomic E-state index is 13.4. The van der Waals surface area contributed by atoms with Crippen molar-refractivity contribution in [3.05, 3.63) is 58.6 Å². The van der Waals surface area contributed by atoms with E-state index in [0.29, 0.717) is 48.7 Å². The average Bonchev–Trinajstić information content (AvgIpc) is 3.14. The number of para-hydroxylation sites is 1. The Labute approximate surface area is 175 Å². The van der Waals surface area contributed by atoms with Gasteiger partial charge in [-0.15, -0.1) is 0 Å². The number of hydrogen-bond acceptors (Lipinski definition) is 5. The van der Waals surface area contributed by atoms with Gasteiger partial charge in [0, 0.05) is 58.8 Å². The summed E-state index contributed by atoms with van der Waals surface area (Å²) >= 11 is 0. The third-order valence-electron chi connectivity index (χ3n) is 5.59. The first-order valence-electron chi connectivity index (χ1n) is 10.3. The molecule has 3 heterocycles. The number of methoxy groups -OCH3 is 1. The fourth-order valence-corrected chi connectivity index (χ4v) is 3.81. The molecule has 3 aliphatic heterocycles. The Bertz CT molecular complexity index is 1030. The van der Waals surface area contributed by atoms with Crippen LogP contribution in [0, 0.1) is 0 Å². The normalized spacial score (nSPS) is 15.1. The second-order valence-electron chi connectivity index (χ2n) is 7.44. The smallest absolute Gasteiger partial charge is 0.282 e. The Kier molecular flexibility index (Phi) is 5.96. The van der Waals surface area contributed by atoms with Gasteiger partial charge in [0.1, 0.15) is 5.69 Å². The first-order chi connectivity index (χ1) is 14.6. The molecule has 4 rings (SSSR count). The van der Waals surface area contributed by atoms with Crippen molar-refractivity contribution in [1.29, 1.82) is 0 Å². The summed E-state index contributed by atoms with van der Waals surface area (Å²) in [5, 5.41) is 4.55. The number of ether oxygens (including phenoxy) is 1. The van der Waals surface area contributed by atoms with Crippen molar-refractivity contribution < 1.29 is 9.53 Å². The predicted octanol–water partition coefficient (Wildman–Crippen LogP) is 1.56. The molecule has 0 spiro atoms. The molecule has 30 heavy (non-hydrogen) atoms. The van der Waals surface area contributed by atoms with Gasteiger partial charge in [-0.05, 0) is 19.1 Å². The van der Waals surface area contributed by atoms with E-state index in [0.717, 1.165) is 19.6 Å². The lowest BCUT2D eigenvalue weighted by Gasteiger charge is -2.34. The van der Waals surface area contributed by atoms with Crippen LogP contribution in [0.15, 0.2) is 47.5 Å². The van der Waals surface area contributed by atoms with Crippen molar-refractivity contribution in [2.24, 2.45) is 0 Å². The molecule has 0 N–H and O–H groups in total. The van der Waals surface area contributed by atoms with E-state index < -0.39 is 0 Å². The Hall–Kier alpha value is -2.97. The van der Waals surface area contributed by atoms with Gasteiger partial charge in [-0.2, -0.15) is 9.78 Å². The topological polar surface area (TPSA) is 72.6 Å². The summed E-state index contributed by atoms with van der Waals surface area (Å²) in [6.07, 6.45) is 3.59. The first-order valence-corrected chi connectivity index (χ1v) is 10.3.